The number of phenolic OH excluding ortho intramolecular Hbond substituents is 1. The largest absolute Gasteiger partial charge is 0.504 e. The second-order valence-electron chi connectivity index (χ2n) is 6.27. The monoisotopic (exact) mass is 483 g/mol. The number of phenols is 1. The van der Waals surface area contributed by atoms with Crippen molar-refractivity contribution in [1.29, 1.82) is 0 Å². The van der Waals surface area contributed by atoms with E-state index in [1.165, 1.54) is 12.7 Å². The normalized spacial score (nSPS) is 12.0. The maximum absolute atomic E-state index is 9.88. The standard InChI is InChI=1S/C21H29N3O2.HI/c1-4-22-21(23-15-18-12-13-20(26-3)19(25)14-18)24-16(2)10-11-17-8-6-5-7-9-17;/h5-9,12-14,16,25H,4,10-11,15H2,1-3H3,(H2,22,23,24);1H. The first-order valence-corrected chi connectivity index (χ1v) is 9.07. The van der Waals surface area contributed by atoms with Gasteiger partial charge >= 0.3 is 0 Å². The van der Waals surface area contributed by atoms with E-state index in [0.29, 0.717) is 18.3 Å². The smallest absolute Gasteiger partial charge is 0.191 e. The van der Waals surface area contributed by atoms with E-state index >= 15 is 0 Å². The molecule has 0 amide bonds. The maximum Gasteiger partial charge on any atom is 0.191 e. The van der Waals surface area contributed by atoms with Crippen LogP contribution in [0.15, 0.2) is 53.5 Å². The lowest BCUT2D eigenvalue weighted by molar-refractivity contribution is 0.373. The SMILES string of the molecule is CCNC(=NCc1ccc(OC)c(O)c1)NC(C)CCc1ccccc1.I. The summed E-state index contributed by atoms with van der Waals surface area (Å²) in [6.45, 7) is 5.49. The average Bonchev–Trinajstić information content (AvgIpc) is 2.65. The fraction of sp³-hybridized carbons (Fsp3) is 0.381. The van der Waals surface area contributed by atoms with Crippen molar-refractivity contribution < 1.29 is 9.84 Å². The van der Waals surface area contributed by atoms with Gasteiger partial charge in [0.25, 0.3) is 0 Å². The Balaban J connectivity index is 0.00000364. The minimum absolute atomic E-state index is 0. The molecule has 0 heterocycles. The van der Waals surface area contributed by atoms with Gasteiger partial charge in [0.05, 0.1) is 13.7 Å². The van der Waals surface area contributed by atoms with E-state index in [1.807, 2.05) is 19.1 Å². The molecular formula is C21H30IN3O2. The highest BCUT2D eigenvalue weighted by Gasteiger charge is 2.07. The van der Waals surface area contributed by atoms with Crippen molar-refractivity contribution in [2.24, 2.45) is 4.99 Å². The number of nitrogens with zero attached hydrogens (tertiary/aromatic N) is 1. The van der Waals surface area contributed by atoms with Crippen LogP contribution in [0.25, 0.3) is 0 Å². The molecule has 0 saturated carbocycles. The Morgan fingerprint density at radius 1 is 1.15 bits per heavy atom. The van der Waals surface area contributed by atoms with Crippen LogP contribution in [0.2, 0.25) is 0 Å². The highest BCUT2D eigenvalue weighted by Crippen LogP contribution is 2.26. The number of aromatic hydroxyl groups is 1. The number of halogens is 1. The molecule has 2 rings (SSSR count). The molecule has 0 saturated heterocycles. The lowest BCUT2D eigenvalue weighted by Crippen LogP contribution is -2.42. The zero-order chi connectivity index (χ0) is 18.8. The zero-order valence-electron chi connectivity index (χ0n) is 16.2. The summed E-state index contributed by atoms with van der Waals surface area (Å²) in [5.41, 5.74) is 2.27. The fourth-order valence-corrected chi connectivity index (χ4v) is 2.66. The lowest BCUT2D eigenvalue weighted by Gasteiger charge is -2.18. The van der Waals surface area contributed by atoms with Crippen LogP contribution in [0, 0.1) is 0 Å². The first-order valence-electron chi connectivity index (χ1n) is 9.07. The molecule has 0 spiro atoms. The molecule has 2 aromatic carbocycles. The van der Waals surface area contributed by atoms with Crippen LogP contribution >= 0.6 is 24.0 Å². The summed E-state index contributed by atoms with van der Waals surface area (Å²) in [6, 6.07) is 16.1. The number of methoxy groups -OCH3 is 1. The van der Waals surface area contributed by atoms with Crippen LogP contribution in [-0.4, -0.2) is 30.8 Å². The number of hydrogen-bond donors (Lipinski definition) is 3. The number of nitrogens with one attached hydrogen (secondary N) is 2. The van der Waals surface area contributed by atoms with Gasteiger partial charge < -0.3 is 20.5 Å². The quantitative estimate of drug-likeness (QED) is 0.301. The van der Waals surface area contributed by atoms with Gasteiger partial charge in [-0.05, 0) is 49.9 Å². The van der Waals surface area contributed by atoms with Crippen LogP contribution < -0.4 is 15.4 Å². The maximum atomic E-state index is 9.88. The van der Waals surface area contributed by atoms with E-state index < -0.39 is 0 Å². The van der Waals surface area contributed by atoms with Crippen molar-refractivity contribution in [2.45, 2.75) is 39.3 Å². The Hall–Kier alpha value is -1.96. The number of ether oxygens (including phenoxy) is 1. The van der Waals surface area contributed by atoms with Gasteiger partial charge in [-0.15, -0.1) is 24.0 Å². The number of rotatable bonds is 8. The Kier molecular flexibility index (Phi) is 10.6. The third-order valence-electron chi connectivity index (χ3n) is 4.10. The fourth-order valence-electron chi connectivity index (χ4n) is 2.66. The van der Waals surface area contributed by atoms with Gasteiger partial charge in [0, 0.05) is 12.6 Å². The van der Waals surface area contributed by atoms with Crippen LogP contribution in [-0.2, 0) is 13.0 Å². The van der Waals surface area contributed by atoms with E-state index in [9.17, 15) is 5.11 Å². The molecule has 0 bridgehead atoms. The Morgan fingerprint density at radius 3 is 2.52 bits per heavy atom. The molecular weight excluding hydrogens is 453 g/mol. The second-order valence-corrected chi connectivity index (χ2v) is 6.27. The summed E-state index contributed by atoms with van der Waals surface area (Å²) < 4.78 is 5.07. The van der Waals surface area contributed by atoms with Crippen molar-refractivity contribution in [3.8, 4) is 11.5 Å². The third kappa shape index (κ3) is 8.07. The summed E-state index contributed by atoms with van der Waals surface area (Å²) in [4.78, 5) is 4.62. The molecule has 0 aromatic heterocycles. The molecule has 1 atom stereocenters. The molecule has 6 heteroatoms. The van der Waals surface area contributed by atoms with Gasteiger partial charge in [-0.1, -0.05) is 36.4 Å². The molecule has 0 aliphatic rings. The van der Waals surface area contributed by atoms with E-state index in [2.05, 4.69) is 46.8 Å². The molecule has 0 aliphatic carbocycles. The van der Waals surface area contributed by atoms with Crippen LogP contribution in [0.1, 0.15) is 31.4 Å². The Bertz CT molecular complexity index is 708. The zero-order valence-corrected chi connectivity index (χ0v) is 18.6. The topological polar surface area (TPSA) is 65.9 Å². The summed E-state index contributed by atoms with van der Waals surface area (Å²) in [5.74, 6) is 1.38. The minimum atomic E-state index is 0. The Morgan fingerprint density at radius 2 is 1.89 bits per heavy atom. The molecule has 0 fully saturated rings. The van der Waals surface area contributed by atoms with Crippen molar-refractivity contribution in [3.63, 3.8) is 0 Å². The van der Waals surface area contributed by atoms with E-state index in [0.717, 1.165) is 30.9 Å². The molecule has 3 N–H and O–H groups in total. The second kappa shape index (κ2) is 12.4. The molecule has 27 heavy (non-hydrogen) atoms. The molecule has 0 radical (unpaired) electrons. The van der Waals surface area contributed by atoms with Crippen molar-refractivity contribution in [2.75, 3.05) is 13.7 Å². The molecule has 2 aromatic rings. The first-order chi connectivity index (χ1) is 12.6. The van der Waals surface area contributed by atoms with Crippen molar-refractivity contribution in [3.05, 3.63) is 59.7 Å². The summed E-state index contributed by atoms with van der Waals surface area (Å²) in [5, 5.41) is 16.6. The first kappa shape index (κ1) is 23.1. The number of guanidine groups is 1. The van der Waals surface area contributed by atoms with Gasteiger partial charge in [0.1, 0.15) is 0 Å². The van der Waals surface area contributed by atoms with Gasteiger partial charge in [-0.25, -0.2) is 4.99 Å². The molecule has 148 valence electrons. The number of benzene rings is 2. The Labute approximate surface area is 179 Å². The average molecular weight is 483 g/mol. The van der Waals surface area contributed by atoms with E-state index in [4.69, 9.17) is 4.74 Å². The molecule has 0 aliphatic heterocycles. The van der Waals surface area contributed by atoms with Crippen LogP contribution in [0.4, 0.5) is 0 Å². The van der Waals surface area contributed by atoms with Gasteiger partial charge in [0.2, 0.25) is 0 Å². The van der Waals surface area contributed by atoms with E-state index in [-0.39, 0.29) is 29.7 Å². The van der Waals surface area contributed by atoms with Gasteiger partial charge in [-0.3, -0.25) is 0 Å². The predicted octanol–water partition coefficient (Wildman–Crippen LogP) is 4.10. The number of aryl methyl sites for hydroxylation is 1. The third-order valence-corrected chi connectivity index (χ3v) is 4.10. The summed E-state index contributed by atoms with van der Waals surface area (Å²) in [7, 11) is 1.54. The van der Waals surface area contributed by atoms with Crippen molar-refractivity contribution >= 4 is 29.9 Å². The highest BCUT2D eigenvalue weighted by atomic mass is 127. The predicted molar refractivity (Wildman–Crippen MR) is 122 cm³/mol. The number of hydrogen-bond acceptors (Lipinski definition) is 3. The van der Waals surface area contributed by atoms with Gasteiger partial charge in [-0.2, -0.15) is 0 Å². The van der Waals surface area contributed by atoms with Crippen molar-refractivity contribution in [1.82, 2.24) is 10.6 Å². The summed E-state index contributed by atoms with van der Waals surface area (Å²) >= 11 is 0. The van der Waals surface area contributed by atoms with Crippen LogP contribution in [0.5, 0.6) is 11.5 Å². The van der Waals surface area contributed by atoms with Gasteiger partial charge in [0.15, 0.2) is 17.5 Å². The summed E-state index contributed by atoms with van der Waals surface area (Å²) in [6.07, 6.45) is 2.05. The molecule has 5 nitrogen and oxygen atoms in total. The lowest BCUT2D eigenvalue weighted by atomic mass is 10.1. The minimum Gasteiger partial charge on any atom is -0.504 e. The van der Waals surface area contributed by atoms with E-state index in [1.54, 1.807) is 12.1 Å². The highest BCUT2D eigenvalue weighted by molar-refractivity contribution is 14.0. The van der Waals surface area contributed by atoms with Crippen LogP contribution in [0.3, 0.4) is 0 Å². The molecule has 1 unspecified atom stereocenters. The number of aliphatic imine (C=N–C) groups is 1.